The maximum atomic E-state index is 12.4. The molecule has 3 fully saturated rings. The van der Waals surface area contributed by atoms with Gasteiger partial charge in [-0.05, 0) is 26.5 Å². The van der Waals surface area contributed by atoms with Crippen molar-refractivity contribution in [3.05, 3.63) is 23.1 Å². The van der Waals surface area contributed by atoms with Crippen molar-refractivity contribution in [3.8, 4) is 6.07 Å². The van der Waals surface area contributed by atoms with Crippen molar-refractivity contribution in [2.24, 2.45) is 0 Å². The second kappa shape index (κ2) is 4.76. The molecule has 0 saturated carbocycles. The first kappa shape index (κ1) is 12.9. The highest BCUT2D eigenvalue weighted by Gasteiger charge is 2.43. The molecule has 6 nitrogen and oxygen atoms in total. The predicted molar refractivity (Wildman–Crippen MR) is 71.4 cm³/mol. The molecule has 4 heterocycles. The molecule has 0 N–H and O–H groups in total. The zero-order valence-corrected chi connectivity index (χ0v) is 11.5. The van der Waals surface area contributed by atoms with Crippen LogP contribution in [0.15, 0.2) is 16.2 Å². The van der Waals surface area contributed by atoms with Crippen LogP contribution >= 0.6 is 0 Å². The predicted octanol–water partition coefficient (Wildman–Crippen LogP) is 0.805. The summed E-state index contributed by atoms with van der Waals surface area (Å²) >= 11 is 0. The molecule has 4 rings (SSSR count). The van der Waals surface area contributed by atoms with Gasteiger partial charge in [0, 0.05) is 31.2 Å². The molecule has 3 saturated heterocycles. The molecule has 1 aromatic heterocycles. The molecule has 2 atom stereocenters. The zero-order valence-electron chi connectivity index (χ0n) is 11.5. The molecule has 0 radical (unpaired) electrons. The molecule has 2 bridgehead atoms. The van der Waals surface area contributed by atoms with E-state index in [1.807, 2.05) is 6.07 Å². The highest BCUT2D eigenvalue weighted by atomic mass is 16.5. The third-order valence-corrected chi connectivity index (χ3v) is 4.13. The van der Waals surface area contributed by atoms with Crippen molar-refractivity contribution in [3.63, 3.8) is 0 Å². The highest BCUT2D eigenvalue weighted by Crippen LogP contribution is 2.30. The summed E-state index contributed by atoms with van der Waals surface area (Å²) in [5, 5.41) is 13.0. The zero-order chi connectivity index (χ0) is 14.3. The summed E-state index contributed by atoms with van der Waals surface area (Å²) < 4.78 is 4.94. The number of rotatable bonds is 2. The van der Waals surface area contributed by atoms with E-state index in [0.717, 1.165) is 6.42 Å². The summed E-state index contributed by atoms with van der Waals surface area (Å²) in [6.07, 6.45) is 2.64. The van der Waals surface area contributed by atoms with E-state index in [1.165, 1.54) is 6.08 Å². The lowest BCUT2D eigenvalue weighted by molar-refractivity contribution is -0.137. The van der Waals surface area contributed by atoms with Crippen molar-refractivity contribution in [2.45, 2.75) is 25.4 Å². The van der Waals surface area contributed by atoms with Gasteiger partial charge in [0.15, 0.2) is 0 Å². The van der Waals surface area contributed by atoms with Gasteiger partial charge in [-0.2, -0.15) is 5.26 Å². The minimum Gasteiger partial charge on any atom is -0.361 e. The Morgan fingerprint density at radius 3 is 2.75 bits per heavy atom. The van der Waals surface area contributed by atoms with Crippen LogP contribution in [-0.2, 0) is 4.79 Å². The van der Waals surface area contributed by atoms with Crippen molar-refractivity contribution in [2.75, 3.05) is 20.1 Å². The largest absolute Gasteiger partial charge is 0.361 e. The van der Waals surface area contributed by atoms with Gasteiger partial charge in [0.2, 0.25) is 0 Å². The van der Waals surface area contributed by atoms with Crippen LogP contribution in [0.2, 0.25) is 0 Å². The van der Waals surface area contributed by atoms with Gasteiger partial charge in [-0.1, -0.05) is 5.16 Å². The van der Waals surface area contributed by atoms with E-state index < -0.39 is 0 Å². The Hall–Kier alpha value is -2.13. The van der Waals surface area contributed by atoms with Gasteiger partial charge in [0.1, 0.15) is 23.1 Å². The van der Waals surface area contributed by atoms with Crippen LogP contribution in [-0.4, -0.2) is 53.1 Å². The standard InChI is InChI=1S/C14H16N4O2/c1-9-3-11(16-20-9)4-10(6-15)14(19)18-7-12-5-13(8-18)17(12)2/h3-4,12-13H,5,7-8H2,1-2H3/b10-4+. The summed E-state index contributed by atoms with van der Waals surface area (Å²) in [5.74, 6) is 0.442. The number of hydrogen-bond donors (Lipinski definition) is 0. The van der Waals surface area contributed by atoms with Crippen LogP contribution in [0.4, 0.5) is 0 Å². The Labute approximate surface area is 117 Å². The Bertz CT molecular complexity index is 601. The van der Waals surface area contributed by atoms with Crippen LogP contribution < -0.4 is 0 Å². The summed E-state index contributed by atoms with van der Waals surface area (Å²) in [7, 11) is 2.08. The molecule has 20 heavy (non-hydrogen) atoms. The molecule has 1 amide bonds. The van der Waals surface area contributed by atoms with E-state index in [4.69, 9.17) is 4.52 Å². The maximum absolute atomic E-state index is 12.4. The highest BCUT2D eigenvalue weighted by molar-refractivity contribution is 6.01. The van der Waals surface area contributed by atoms with Gasteiger partial charge in [-0.25, -0.2) is 0 Å². The molecule has 2 unspecified atom stereocenters. The number of hydrogen-bond acceptors (Lipinski definition) is 5. The molecular weight excluding hydrogens is 256 g/mol. The number of piperidine rings is 1. The number of aromatic nitrogens is 1. The Morgan fingerprint density at radius 2 is 2.25 bits per heavy atom. The minimum atomic E-state index is -0.212. The molecule has 3 aliphatic heterocycles. The van der Waals surface area contributed by atoms with Gasteiger partial charge < -0.3 is 9.42 Å². The number of likely N-dealkylation sites (N-methyl/N-ethyl adjacent to an activating group) is 1. The fourth-order valence-corrected chi connectivity index (χ4v) is 2.88. The van der Waals surface area contributed by atoms with Crippen molar-refractivity contribution < 1.29 is 9.32 Å². The molecule has 104 valence electrons. The van der Waals surface area contributed by atoms with E-state index in [2.05, 4.69) is 17.1 Å². The number of aryl methyl sites for hydroxylation is 1. The monoisotopic (exact) mass is 272 g/mol. The molecule has 0 spiro atoms. The normalized spacial score (nSPS) is 26.1. The number of nitriles is 1. The lowest BCUT2D eigenvalue weighted by Crippen LogP contribution is -2.68. The van der Waals surface area contributed by atoms with E-state index in [-0.39, 0.29) is 11.5 Å². The van der Waals surface area contributed by atoms with Crippen LogP contribution in [0.1, 0.15) is 17.9 Å². The quantitative estimate of drug-likeness (QED) is 0.588. The summed E-state index contributed by atoms with van der Waals surface area (Å²) in [6.45, 7) is 3.16. The first-order valence-electron chi connectivity index (χ1n) is 6.65. The fraction of sp³-hybridized carbons (Fsp3) is 0.500. The van der Waals surface area contributed by atoms with Gasteiger partial charge in [-0.3, -0.25) is 9.69 Å². The van der Waals surface area contributed by atoms with Gasteiger partial charge in [0.05, 0.1) is 0 Å². The first-order valence-corrected chi connectivity index (χ1v) is 6.65. The van der Waals surface area contributed by atoms with E-state index in [0.29, 0.717) is 36.6 Å². The fourth-order valence-electron chi connectivity index (χ4n) is 2.88. The van der Waals surface area contributed by atoms with Crippen molar-refractivity contribution in [1.29, 1.82) is 5.26 Å². The molecular formula is C14H16N4O2. The summed E-state index contributed by atoms with van der Waals surface area (Å²) in [6, 6.07) is 4.55. The number of amides is 1. The van der Waals surface area contributed by atoms with E-state index in [9.17, 15) is 10.1 Å². The lowest BCUT2D eigenvalue weighted by Gasteiger charge is -2.54. The van der Waals surface area contributed by atoms with Crippen molar-refractivity contribution in [1.82, 2.24) is 15.0 Å². The second-order valence-electron chi connectivity index (χ2n) is 5.45. The molecule has 3 aliphatic rings. The van der Waals surface area contributed by atoms with Gasteiger partial charge in [-0.15, -0.1) is 0 Å². The average molecular weight is 272 g/mol. The summed E-state index contributed by atoms with van der Waals surface area (Å²) in [4.78, 5) is 16.4. The minimum absolute atomic E-state index is 0.113. The second-order valence-corrected chi connectivity index (χ2v) is 5.45. The Balaban J connectivity index is 1.75. The molecule has 0 aliphatic carbocycles. The number of nitrogens with zero attached hydrogens (tertiary/aromatic N) is 4. The lowest BCUT2D eigenvalue weighted by atomic mass is 9.88. The Kier molecular flexibility index (Phi) is 3.07. The topological polar surface area (TPSA) is 73.4 Å². The number of carbonyl (C=O) groups is 1. The van der Waals surface area contributed by atoms with Crippen LogP contribution in [0.25, 0.3) is 6.08 Å². The number of fused-ring (bicyclic) bond motifs is 2. The third-order valence-electron chi connectivity index (χ3n) is 4.13. The van der Waals surface area contributed by atoms with E-state index >= 15 is 0 Å². The summed E-state index contributed by atoms with van der Waals surface area (Å²) in [5.41, 5.74) is 0.619. The number of piperazine rings is 1. The molecule has 1 aromatic rings. The van der Waals surface area contributed by atoms with Crippen LogP contribution in [0.5, 0.6) is 0 Å². The third kappa shape index (κ3) is 2.10. The smallest absolute Gasteiger partial charge is 0.264 e. The van der Waals surface area contributed by atoms with Crippen LogP contribution in [0, 0.1) is 18.3 Å². The number of carbonyl (C=O) groups excluding carboxylic acids is 1. The maximum Gasteiger partial charge on any atom is 0.264 e. The van der Waals surface area contributed by atoms with E-state index in [1.54, 1.807) is 17.9 Å². The van der Waals surface area contributed by atoms with Gasteiger partial charge in [0.25, 0.3) is 5.91 Å². The average Bonchev–Trinajstić information content (AvgIpc) is 2.88. The van der Waals surface area contributed by atoms with Crippen LogP contribution in [0.3, 0.4) is 0 Å². The molecule has 0 aromatic carbocycles. The Morgan fingerprint density at radius 1 is 1.55 bits per heavy atom. The SMILES string of the molecule is Cc1cc(/C=C(\C#N)C(=O)N2CC3CC(C2)N3C)no1. The van der Waals surface area contributed by atoms with Crippen molar-refractivity contribution >= 4 is 12.0 Å². The first-order chi connectivity index (χ1) is 9.58. The molecule has 6 heteroatoms. The van der Waals surface area contributed by atoms with Gasteiger partial charge >= 0.3 is 0 Å².